The van der Waals surface area contributed by atoms with E-state index in [1.165, 1.54) is 48.7 Å². The van der Waals surface area contributed by atoms with Gasteiger partial charge in [-0.2, -0.15) is 5.10 Å². The van der Waals surface area contributed by atoms with Crippen LogP contribution in [0.2, 0.25) is 5.02 Å². The number of nitrogens with zero attached hydrogens (tertiary/aromatic N) is 2. The van der Waals surface area contributed by atoms with E-state index in [2.05, 4.69) is 10.5 Å². The van der Waals surface area contributed by atoms with Crippen LogP contribution in [-0.4, -0.2) is 29.1 Å². The topological polar surface area (TPSA) is 120 Å². The Morgan fingerprint density at radius 3 is 2.39 bits per heavy atom. The van der Waals surface area contributed by atoms with Crippen LogP contribution >= 0.6 is 22.9 Å². The smallest absolute Gasteiger partial charge is 0.355 e. The number of carbonyl (C=O) groups is 2. The van der Waals surface area contributed by atoms with E-state index in [1.54, 1.807) is 24.3 Å². The first-order valence-electron chi connectivity index (χ1n) is 10.5. The molecule has 1 aromatic heterocycles. The van der Waals surface area contributed by atoms with Crippen LogP contribution in [0.3, 0.4) is 0 Å². The van der Waals surface area contributed by atoms with E-state index < -0.39 is 22.9 Å². The van der Waals surface area contributed by atoms with Crippen molar-refractivity contribution in [2.24, 2.45) is 5.10 Å². The van der Waals surface area contributed by atoms with Gasteiger partial charge in [0.15, 0.2) is 6.10 Å². The highest BCUT2D eigenvalue weighted by atomic mass is 35.5. The lowest BCUT2D eigenvalue weighted by molar-refractivity contribution is -0.384. The summed E-state index contributed by atoms with van der Waals surface area (Å²) in [5.74, 6) is -0.401. The highest BCUT2D eigenvalue weighted by Crippen LogP contribution is 2.35. The van der Waals surface area contributed by atoms with Gasteiger partial charge in [0.25, 0.3) is 11.6 Å². The molecule has 0 fully saturated rings. The minimum Gasteiger partial charge on any atom is -0.481 e. The molecule has 0 aliphatic carbocycles. The lowest BCUT2D eigenvalue weighted by atomic mass is 10.2. The number of thiophene rings is 1. The van der Waals surface area contributed by atoms with Gasteiger partial charge in [0.1, 0.15) is 16.4 Å². The Kier molecular flexibility index (Phi) is 7.57. The summed E-state index contributed by atoms with van der Waals surface area (Å²) >= 11 is 7.60. The van der Waals surface area contributed by atoms with Crippen molar-refractivity contribution in [1.82, 2.24) is 5.43 Å². The number of non-ortho nitro benzene ring substituents is 1. The maximum Gasteiger partial charge on any atom is 0.355 e. The van der Waals surface area contributed by atoms with Gasteiger partial charge in [0.2, 0.25) is 0 Å². The van der Waals surface area contributed by atoms with Crippen LogP contribution in [-0.2, 0) is 4.79 Å². The Morgan fingerprint density at radius 1 is 1.06 bits per heavy atom. The molecule has 0 radical (unpaired) electrons. The fourth-order valence-electron chi connectivity index (χ4n) is 3.09. The van der Waals surface area contributed by atoms with Gasteiger partial charge >= 0.3 is 5.97 Å². The second-order valence-corrected chi connectivity index (χ2v) is 8.88. The van der Waals surface area contributed by atoms with Crippen LogP contribution in [0.4, 0.5) is 5.69 Å². The SMILES string of the molecule is C[C@H](Oc1ccc([N+](=O)[O-])cc1)C(=O)N/N=C\c1ccc(OC(=O)c2sc3ccccc3c2Cl)cc1. The number of fused-ring (bicyclic) bond motifs is 1. The van der Waals surface area contributed by atoms with Gasteiger partial charge in [0.05, 0.1) is 16.2 Å². The summed E-state index contributed by atoms with van der Waals surface area (Å²) in [6, 6.07) is 19.4. The highest BCUT2D eigenvalue weighted by Gasteiger charge is 2.19. The minimum atomic E-state index is -0.883. The van der Waals surface area contributed by atoms with E-state index in [-0.39, 0.29) is 5.69 Å². The molecule has 0 spiro atoms. The normalized spacial score (nSPS) is 11.8. The highest BCUT2D eigenvalue weighted by molar-refractivity contribution is 7.21. The number of nitro benzene ring substituents is 1. The lowest BCUT2D eigenvalue weighted by Gasteiger charge is -2.12. The molecule has 3 aromatic carbocycles. The molecule has 0 saturated carbocycles. The van der Waals surface area contributed by atoms with Crippen LogP contribution < -0.4 is 14.9 Å². The number of hydrazone groups is 1. The summed E-state index contributed by atoms with van der Waals surface area (Å²) in [6.45, 7) is 1.53. The predicted molar refractivity (Wildman–Crippen MR) is 137 cm³/mol. The van der Waals surface area contributed by atoms with Crippen LogP contribution in [0, 0.1) is 10.1 Å². The molecule has 0 bridgehead atoms. The molecule has 0 unspecified atom stereocenters. The fourth-order valence-corrected chi connectivity index (χ4v) is 4.47. The number of nitro groups is 1. The Labute approximate surface area is 214 Å². The van der Waals surface area contributed by atoms with Crippen molar-refractivity contribution in [1.29, 1.82) is 0 Å². The molecule has 36 heavy (non-hydrogen) atoms. The third kappa shape index (κ3) is 5.85. The second kappa shape index (κ2) is 11.0. The summed E-state index contributed by atoms with van der Waals surface area (Å²) in [4.78, 5) is 35.3. The summed E-state index contributed by atoms with van der Waals surface area (Å²) in [5.41, 5.74) is 2.94. The first kappa shape index (κ1) is 24.8. The number of rotatable bonds is 8. The number of amides is 1. The molecule has 4 rings (SSSR count). The average Bonchev–Trinajstić information content (AvgIpc) is 3.22. The molecule has 11 heteroatoms. The van der Waals surface area contributed by atoms with E-state index >= 15 is 0 Å². The van der Waals surface area contributed by atoms with Crippen LogP contribution in [0.15, 0.2) is 77.9 Å². The zero-order valence-corrected chi connectivity index (χ0v) is 20.3. The number of hydrogen-bond donors (Lipinski definition) is 1. The number of nitrogens with one attached hydrogen (secondary N) is 1. The standard InChI is InChI=1S/C25H18ClN3O6S/c1-15(34-18-12-8-17(9-13-18)29(32)33)24(30)28-27-14-16-6-10-19(11-7-16)35-25(31)23-22(26)20-4-2-3-5-21(20)36-23/h2-15H,1H3,(H,28,30)/b27-14-/t15-/m0/s1. The molecule has 1 atom stereocenters. The number of esters is 1. The molecular formula is C25H18ClN3O6S. The fraction of sp³-hybridized carbons (Fsp3) is 0.0800. The molecule has 4 aromatic rings. The van der Waals surface area contributed by atoms with Gasteiger partial charge < -0.3 is 9.47 Å². The van der Waals surface area contributed by atoms with Crippen molar-refractivity contribution in [3.8, 4) is 11.5 Å². The number of benzene rings is 3. The van der Waals surface area contributed by atoms with Gasteiger partial charge in [-0.3, -0.25) is 14.9 Å². The van der Waals surface area contributed by atoms with E-state index in [1.807, 2.05) is 24.3 Å². The Balaban J connectivity index is 1.30. The Bertz CT molecular complexity index is 1450. The molecular weight excluding hydrogens is 506 g/mol. The van der Waals surface area contributed by atoms with E-state index in [9.17, 15) is 19.7 Å². The molecule has 1 N–H and O–H groups in total. The van der Waals surface area contributed by atoms with Gasteiger partial charge in [-0.05, 0) is 55.0 Å². The third-order valence-electron chi connectivity index (χ3n) is 4.93. The molecule has 0 aliphatic rings. The van der Waals surface area contributed by atoms with Crippen molar-refractivity contribution >= 4 is 56.8 Å². The monoisotopic (exact) mass is 523 g/mol. The first-order chi connectivity index (χ1) is 17.3. The van der Waals surface area contributed by atoms with Gasteiger partial charge in [-0.15, -0.1) is 11.3 Å². The zero-order chi connectivity index (χ0) is 25.7. The van der Waals surface area contributed by atoms with Crippen molar-refractivity contribution in [3.05, 3.63) is 98.4 Å². The third-order valence-corrected chi connectivity index (χ3v) is 6.58. The summed E-state index contributed by atoms with van der Waals surface area (Å²) < 4.78 is 11.8. The van der Waals surface area contributed by atoms with Crippen LogP contribution in [0.5, 0.6) is 11.5 Å². The minimum absolute atomic E-state index is 0.0753. The van der Waals surface area contributed by atoms with Gasteiger partial charge in [-0.25, -0.2) is 10.2 Å². The van der Waals surface area contributed by atoms with E-state index in [0.717, 1.165) is 10.1 Å². The zero-order valence-electron chi connectivity index (χ0n) is 18.7. The molecule has 9 nitrogen and oxygen atoms in total. The largest absolute Gasteiger partial charge is 0.481 e. The van der Waals surface area contributed by atoms with E-state index in [0.29, 0.717) is 27.0 Å². The average molecular weight is 524 g/mol. The molecule has 182 valence electrons. The maximum absolute atomic E-state index is 12.6. The maximum atomic E-state index is 12.6. The van der Waals surface area contributed by atoms with E-state index in [4.69, 9.17) is 21.1 Å². The number of ether oxygens (including phenoxy) is 2. The molecule has 0 aliphatic heterocycles. The first-order valence-corrected chi connectivity index (χ1v) is 11.7. The quantitative estimate of drug-likeness (QED) is 0.105. The molecule has 1 heterocycles. The lowest BCUT2D eigenvalue weighted by Crippen LogP contribution is -2.33. The molecule has 1 amide bonds. The number of carbonyl (C=O) groups excluding carboxylic acids is 2. The van der Waals surface area contributed by atoms with Crippen molar-refractivity contribution < 1.29 is 24.0 Å². The van der Waals surface area contributed by atoms with Crippen molar-refractivity contribution in [2.45, 2.75) is 13.0 Å². The van der Waals surface area contributed by atoms with Crippen LogP contribution in [0.1, 0.15) is 22.2 Å². The van der Waals surface area contributed by atoms with Gasteiger partial charge in [0, 0.05) is 22.2 Å². The predicted octanol–water partition coefficient (Wildman–Crippen LogP) is 5.60. The van der Waals surface area contributed by atoms with Crippen molar-refractivity contribution in [2.75, 3.05) is 0 Å². The number of halogens is 1. The Morgan fingerprint density at radius 2 is 1.72 bits per heavy atom. The summed E-state index contributed by atoms with van der Waals surface area (Å²) in [6.07, 6.45) is 0.538. The summed E-state index contributed by atoms with van der Waals surface area (Å²) in [5, 5.41) is 15.8. The van der Waals surface area contributed by atoms with Crippen molar-refractivity contribution in [3.63, 3.8) is 0 Å². The van der Waals surface area contributed by atoms with Crippen LogP contribution in [0.25, 0.3) is 10.1 Å². The number of hydrogen-bond acceptors (Lipinski definition) is 8. The summed E-state index contributed by atoms with van der Waals surface area (Å²) in [7, 11) is 0. The Hall–Kier alpha value is -4.28. The van der Waals surface area contributed by atoms with Gasteiger partial charge in [-0.1, -0.05) is 29.8 Å². The molecule has 0 saturated heterocycles. The second-order valence-electron chi connectivity index (χ2n) is 7.45.